The molecule has 2 N–H and O–H groups in total. The Hall–Kier alpha value is -2.64. The number of carbonyl (C=O) groups is 2. The molecule has 2 amide bonds. The van der Waals surface area contributed by atoms with Crippen molar-refractivity contribution in [3.8, 4) is 11.3 Å². The molecule has 1 aromatic heterocycles. The zero-order valence-electron chi connectivity index (χ0n) is 17.6. The Morgan fingerprint density at radius 3 is 2.77 bits per heavy atom. The molecule has 0 aliphatic heterocycles. The van der Waals surface area contributed by atoms with Crippen LogP contribution >= 0.6 is 23.1 Å². The molecule has 0 saturated carbocycles. The van der Waals surface area contributed by atoms with Crippen molar-refractivity contribution < 1.29 is 9.59 Å². The molecular weight excluding hydrogens is 426 g/mol. The summed E-state index contributed by atoms with van der Waals surface area (Å²) >= 11 is 2.78. The van der Waals surface area contributed by atoms with Gasteiger partial charge in [-0.3, -0.25) is 14.9 Å². The highest BCUT2D eigenvalue weighted by molar-refractivity contribution is 8.00. The van der Waals surface area contributed by atoms with Gasteiger partial charge >= 0.3 is 0 Å². The molecule has 0 saturated heterocycles. The van der Waals surface area contributed by atoms with Crippen LogP contribution in [0.2, 0.25) is 0 Å². The topological polar surface area (TPSA) is 71.1 Å². The van der Waals surface area contributed by atoms with Gasteiger partial charge in [0, 0.05) is 21.9 Å². The lowest BCUT2D eigenvalue weighted by molar-refractivity contribution is -0.119. The molecule has 0 bridgehead atoms. The molecule has 7 heteroatoms. The van der Waals surface area contributed by atoms with Crippen LogP contribution in [0.1, 0.15) is 41.8 Å². The number of benzene rings is 2. The Bertz CT molecular complexity index is 1110. The number of nitrogens with one attached hydrogen (secondary N) is 2. The second kappa shape index (κ2) is 9.66. The summed E-state index contributed by atoms with van der Waals surface area (Å²) in [6.07, 6.45) is 3.50. The van der Waals surface area contributed by atoms with E-state index >= 15 is 0 Å². The minimum Gasteiger partial charge on any atom is -0.353 e. The molecule has 1 heterocycles. The van der Waals surface area contributed by atoms with E-state index in [-0.39, 0.29) is 23.6 Å². The van der Waals surface area contributed by atoms with Crippen LogP contribution in [0.25, 0.3) is 11.3 Å². The first-order chi connectivity index (χ1) is 15.0. The van der Waals surface area contributed by atoms with Crippen LogP contribution < -0.4 is 10.6 Å². The molecule has 0 radical (unpaired) electrons. The van der Waals surface area contributed by atoms with Crippen LogP contribution in [0.3, 0.4) is 0 Å². The second-order valence-electron chi connectivity index (χ2n) is 7.84. The highest BCUT2D eigenvalue weighted by Gasteiger charge is 2.16. The van der Waals surface area contributed by atoms with Crippen LogP contribution in [0.15, 0.2) is 52.7 Å². The van der Waals surface area contributed by atoms with E-state index in [1.807, 2.05) is 37.4 Å². The Kier molecular flexibility index (Phi) is 6.73. The Morgan fingerprint density at radius 2 is 1.94 bits per heavy atom. The van der Waals surface area contributed by atoms with Gasteiger partial charge in [0.1, 0.15) is 0 Å². The third-order valence-electron chi connectivity index (χ3n) is 5.06. The molecule has 1 aliphatic rings. The van der Waals surface area contributed by atoms with Crippen molar-refractivity contribution in [2.45, 2.75) is 44.0 Å². The Labute approximate surface area is 190 Å². The lowest BCUT2D eigenvalue weighted by Gasteiger charge is -2.10. The van der Waals surface area contributed by atoms with Gasteiger partial charge in [0.25, 0.3) is 5.91 Å². The van der Waals surface area contributed by atoms with E-state index in [0.717, 1.165) is 29.0 Å². The summed E-state index contributed by atoms with van der Waals surface area (Å²) in [5, 5.41) is 8.33. The van der Waals surface area contributed by atoms with Crippen molar-refractivity contribution in [3.63, 3.8) is 0 Å². The molecule has 4 rings (SSSR count). The number of amides is 2. The summed E-state index contributed by atoms with van der Waals surface area (Å²) in [6.45, 7) is 3.85. The van der Waals surface area contributed by atoms with E-state index in [2.05, 4.69) is 33.8 Å². The number of hydrogen-bond donors (Lipinski definition) is 2. The number of rotatable bonds is 7. The summed E-state index contributed by atoms with van der Waals surface area (Å²) in [5.74, 6) is -0.00120. The Morgan fingerprint density at radius 1 is 1.13 bits per heavy atom. The van der Waals surface area contributed by atoms with Crippen molar-refractivity contribution in [2.24, 2.45) is 0 Å². The van der Waals surface area contributed by atoms with E-state index in [1.54, 1.807) is 6.07 Å². The number of thiazole rings is 1. The third-order valence-corrected chi connectivity index (χ3v) is 6.89. The summed E-state index contributed by atoms with van der Waals surface area (Å²) in [7, 11) is 0. The summed E-state index contributed by atoms with van der Waals surface area (Å²) in [6, 6.07) is 13.9. The number of anilines is 1. The lowest BCUT2D eigenvalue weighted by Crippen LogP contribution is -2.31. The van der Waals surface area contributed by atoms with Gasteiger partial charge in [0.2, 0.25) is 5.91 Å². The molecular formula is C24H25N3O2S2. The molecule has 0 spiro atoms. The average Bonchev–Trinajstić information content (AvgIpc) is 3.40. The van der Waals surface area contributed by atoms with Crippen LogP contribution in [0.4, 0.5) is 5.13 Å². The predicted octanol–water partition coefficient (Wildman–Crippen LogP) is 5.17. The molecule has 0 unspecified atom stereocenters. The molecule has 5 nitrogen and oxygen atoms in total. The van der Waals surface area contributed by atoms with E-state index in [1.165, 1.54) is 40.6 Å². The van der Waals surface area contributed by atoms with Crippen molar-refractivity contribution in [1.29, 1.82) is 0 Å². The highest BCUT2D eigenvalue weighted by Crippen LogP contribution is 2.30. The van der Waals surface area contributed by atoms with Gasteiger partial charge in [-0.1, -0.05) is 24.3 Å². The normalized spacial score (nSPS) is 12.6. The predicted molar refractivity (Wildman–Crippen MR) is 128 cm³/mol. The molecule has 0 fully saturated rings. The number of thioether (sulfide) groups is 1. The fraction of sp³-hybridized carbons (Fsp3) is 0.292. The smallest absolute Gasteiger partial charge is 0.258 e. The Balaban J connectivity index is 1.44. The van der Waals surface area contributed by atoms with E-state index < -0.39 is 0 Å². The summed E-state index contributed by atoms with van der Waals surface area (Å²) in [5.41, 5.74) is 5.35. The molecule has 31 heavy (non-hydrogen) atoms. The first kappa shape index (κ1) is 21.6. The van der Waals surface area contributed by atoms with Crippen molar-refractivity contribution in [1.82, 2.24) is 10.3 Å². The van der Waals surface area contributed by atoms with Gasteiger partial charge in [-0.15, -0.1) is 23.1 Å². The summed E-state index contributed by atoms with van der Waals surface area (Å²) < 4.78 is 0. The number of fused-ring (bicyclic) bond motifs is 1. The fourth-order valence-electron chi connectivity index (χ4n) is 3.65. The second-order valence-corrected chi connectivity index (χ2v) is 9.71. The van der Waals surface area contributed by atoms with Crippen LogP contribution in [-0.4, -0.2) is 28.6 Å². The molecule has 160 valence electrons. The van der Waals surface area contributed by atoms with Crippen molar-refractivity contribution in [2.75, 3.05) is 11.1 Å². The van der Waals surface area contributed by atoms with Gasteiger partial charge in [-0.2, -0.15) is 0 Å². The number of carbonyl (C=O) groups excluding carboxylic acids is 2. The van der Waals surface area contributed by atoms with Crippen molar-refractivity contribution >= 4 is 40.0 Å². The monoisotopic (exact) mass is 451 g/mol. The maximum absolute atomic E-state index is 12.9. The fourth-order valence-corrected chi connectivity index (χ4v) is 5.22. The van der Waals surface area contributed by atoms with Gasteiger partial charge < -0.3 is 5.32 Å². The van der Waals surface area contributed by atoms with Crippen LogP contribution in [-0.2, 0) is 17.6 Å². The van der Waals surface area contributed by atoms with Crippen LogP contribution in [0.5, 0.6) is 0 Å². The van der Waals surface area contributed by atoms with Gasteiger partial charge in [0.05, 0.1) is 17.0 Å². The quantitative estimate of drug-likeness (QED) is 0.486. The number of hydrogen-bond acceptors (Lipinski definition) is 5. The zero-order valence-corrected chi connectivity index (χ0v) is 19.2. The van der Waals surface area contributed by atoms with E-state index in [0.29, 0.717) is 10.7 Å². The summed E-state index contributed by atoms with van der Waals surface area (Å²) in [4.78, 5) is 30.3. The molecule has 3 aromatic rings. The molecule has 2 aromatic carbocycles. The highest BCUT2D eigenvalue weighted by atomic mass is 32.2. The average molecular weight is 452 g/mol. The van der Waals surface area contributed by atoms with E-state index in [9.17, 15) is 9.59 Å². The van der Waals surface area contributed by atoms with E-state index in [4.69, 9.17) is 0 Å². The van der Waals surface area contributed by atoms with Gasteiger partial charge in [-0.05, 0) is 62.4 Å². The maximum Gasteiger partial charge on any atom is 0.258 e. The number of aromatic nitrogens is 1. The van der Waals surface area contributed by atoms with Gasteiger partial charge in [-0.25, -0.2) is 4.98 Å². The lowest BCUT2D eigenvalue weighted by atomic mass is 10.1. The minimum atomic E-state index is -0.220. The molecule has 1 aliphatic carbocycles. The largest absolute Gasteiger partial charge is 0.353 e. The molecule has 0 atom stereocenters. The van der Waals surface area contributed by atoms with Gasteiger partial charge in [0.15, 0.2) is 5.13 Å². The zero-order chi connectivity index (χ0) is 21.8. The standard InChI is InChI=1S/C24H25N3O2S2/c1-15(2)25-22(28)14-30-21-9-4-3-8-19(21)23(29)27-24-26-20(13-31-24)18-11-10-16-6-5-7-17(16)12-18/h3-4,8-13,15H,5-7,14H2,1-2H3,(H,25,28)(H,26,27,29). The third kappa shape index (κ3) is 5.35. The van der Waals surface area contributed by atoms with Crippen molar-refractivity contribution in [3.05, 3.63) is 64.5 Å². The first-order valence-corrected chi connectivity index (χ1v) is 12.3. The SMILES string of the molecule is CC(C)NC(=O)CSc1ccccc1C(=O)Nc1nc(-c2ccc3c(c2)CCC3)cs1. The number of nitrogens with zero attached hydrogens (tertiary/aromatic N) is 1. The van der Waals surface area contributed by atoms with Crippen LogP contribution in [0, 0.1) is 0 Å². The maximum atomic E-state index is 12.9. The minimum absolute atomic E-state index is 0.0471. The first-order valence-electron chi connectivity index (χ1n) is 10.4. The number of aryl methyl sites for hydroxylation is 2.